The van der Waals surface area contributed by atoms with E-state index in [2.05, 4.69) is 12.2 Å². The highest BCUT2D eigenvalue weighted by Gasteiger charge is 2.02. The SMILES string of the molecule is CC1CCCCCNCCCCC1. The molecule has 0 bridgehead atoms. The highest BCUT2D eigenvalue weighted by atomic mass is 14.8. The zero-order valence-corrected chi connectivity index (χ0v) is 9.15. The highest BCUT2D eigenvalue weighted by molar-refractivity contribution is 4.58. The second-order valence-electron chi connectivity index (χ2n) is 4.55. The van der Waals surface area contributed by atoms with Gasteiger partial charge in [-0.15, -0.1) is 0 Å². The molecule has 13 heavy (non-hydrogen) atoms. The van der Waals surface area contributed by atoms with Crippen molar-refractivity contribution in [3.05, 3.63) is 0 Å². The first kappa shape index (κ1) is 11.0. The number of nitrogens with one attached hydrogen (secondary N) is 1. The van der Waals surface area contributed by atoms with Crippen molar-refractivity contribution in [3.8, 4) is 0 Å². The molecule has 1 saturated heterocycles. The highest BCUT2D eigenvalue weighted by Crippen LogP contribution is 2.16. The summed E-state index contributed by atoms with van der Waals surface area (Å²) in [6.07, 6.45) is 11.4. The van der Waals surface area contributed by atoms with E-state index < -0.39 is 0 Å². The van der Waals surface area contributed by atoms with Crippen molar-refractivity contribution < 1.29 is 0 Å². The topological polar surface area (TPSA) is 12.0 Å². The lowest BCUT2D eigenvalue weighted by molar-refractivity contribution is 0.424. The Morgan fingerprint density at radius 1 is 0.769 bits per heavy atom. The van der Waals surface area contributed by atoms with Gasteiger partial charge in [0.2, 0.25) is 0 Å². The first-order valence-corrected chi connectivity index (χ1v) is 6.10. The maximum Gasteiger partial charge on any atom is -0.00489 e. The van der Waals surface area contributed by atoms with Crippen LogP contribution in [0.5, 0.6) is 0 Å². The molecule has 0 radical (unpaired) electrons. The molecule has 1 heteroatoms. The predicted molar refractivity (Wildman–Crippen MR) is 59.0 cm³/mol. The monoisotopic (exact) mass is 183 g/mol. The minimum absolute atomic E-state index is 0.979. The molecule has 78 valence electrons. The molecule has 1 rings (SSSR count). The molecule has 1 heterocycles. The summed E-state index contributed by atoms with van der Waals surface area (Å²) in [4.78, 5) is 0. The van der Waals surface area contributed by atoms with Gasteiger partial charge in [0, 0.05) is 0 Å². The average molecular weight is 183 g/mol. The van der Waals surface area contributed by atoms with Gasteiger partial charge in [-0.3, -0.25) is 0 Å². The minimum atomic E-state index is 0.979. The van der Waals surface area contributed by atoms with E-state index in [1.165, 1.54) is 64.5 Å². The number of rotatable bonds is 0. The molecule has 0 atom stereocenters. The van der Waals surface area contributed by atoms with Crippen molar-refractivity contribution in [2.45, 2.75) is 58.3 Å². The van der Waals surface area contributed by atoms with Crippen LogP contribution in [0.4, 0.5) is 0 Å². The van der Waals surface area contributed by atoms with Crippen LogP contribution in [0, 0.1) is 5.92 Å². The van der Waals surface area contributed by atoms with Crippen LogP contribution in [0.2, 0.25) is 0 Å². The minimum Gasteiger partial charge on any atom is -0.317 e. The summed E-state index contributed by atoms with van der Waals surface area (Å²) in [7, 11) is 0. The lowest BCUT2D eigenvalue weighted by atomic mass is 9.96. The Bertz CT molecular complexity index is 99.7. The molecule has 0 amide bonds. The molecule has 0 aromatic rings. The van der Waals surface area contributed by atoms with E-state index in [1.54, 1.807) is 0 Å². The molecule has 0 aliphatic carbocycles. The molecule has 0 aromatic carbocycles. The summed E-state index contributed by atoms with van der Waals surface area (Å²) < 4.78 is 0. The van der Waals surface area contributed by atoms with Crippen LogP contribution in [0.3, 0.4) is 0 Å². The lowest BCUT2D eigenvalue weighted by Gasteiger charge is -2.12. The zero-order chi connectivity index (χ0) is 9.36. The van der Waals surface area contributed by atoms with E-state index in [4.69, 9.17) is 0 Å². The molecular formula is C12H25N. The molecule has 0 spiro atoms. The van der Waals surface area contributed by atoms with E-state index in [9.17, 15) is 0 Å². The standard InChI is InChI=1S/C12H25N/c1-12-8-4-2-6-10-13-11-7-3-5-9-12/h12-13H,2-11H2,1H3. The Labute approximate surface area is 83.3 Å². The van der Waals surface area contributed by atoms with Gasteiger partial charge in [0.1, 0.15) is 0 Å². The predicted octanol–water partition coefficient (Wildman–Crippen LogP) is 3.35. The van der Waals surface area contributed by atoms with Crippen LogP contribution in [0.15, 0.2) is 0 Å². The molecule has 1 aliphatic rings. The quantitative estimate of drug-likeness (QED) is 0.607. The Hall–Kier alpha value is -0.0400. The molecule has 1 N–H and O–H groups in total. The Kier molecular flexibility index (Phi) is 6.26. The first-order valence-electron chi connectivity index (χ1n) is 6.10. The van der Waals surface area contributed by atoms with Crippen LogP contribution in [0.25, 0.3) is 0 Å². The van der Waals surface area contributed by atoms with E-state index in [0.29, 0.717) is 0 Å². The van der Waals surface area contributed by atoms with Gasteiger partial charge < -0.3 is 5.32 Å². The third kappa shape index (κ3) is 6.09. The fourth-order valence-corrected chi connectivity index (χ4v) is 2.11. The molecule has 1 aliphatic heterocycles. The van der Waals surface area contributed by atoms with Gasteiger partial charge in [-0.25, -0.2) is 0 Å². The fraction of sp³-hybridized carbons (Fsp3) is 1.00. The third-order valence-corrected chi connectivity index (χ3v) is 3.10. The summed E-state index contributed by atoms with van der Waals surface area (Å²) in [5.74, 6) is 0.979. The van der Waals surface area contributed by atoms with Gasteiger partial charge in [0.05, 0.1) is 0 Å². The van der Waals surface area contributed by atoms with Crippen LogP contribution in [0.1, 0.15) is 58.3 Å². The molecule has 0 unspecified atom stereocenters. The average Bonchev–Trinajstić information content (AvgIpc) is 2.11. The van der Waals surface area contributed by atoms with Crippen molar-refractivity contribution in [3.63, 3.8) is 0 Å². The molecule has 0 saturated carbocycles. The van der Waals surface area contributed by atoms with Crippen molar-refractivity contribution in [2.24, 2.45) is 5.92 Å². The Morgan fingerprint density at radius 3 is 1.85 bits per heavy atom. The van der Waals surface area contributed by atoms with Crippen molar-refractivity contribution in [2.75, 3.05) is 13.1 Å². The van der Waals surface area contributed by atoms with Gasteiger partial charge in [-0.1, -0.05) is 45.4 Å². The summed E-state index contributed by atoms with van der Waals surface area (Å²) in [5, 5.41) is 3.51. The fourth-order valence-electron chi connectivity index (χ4n) is 2.11. The molecular weight excluding hydrogens is 158 g/mol. The smallest absolute Gasteiger partial charge is 0.00489 e. The molecule has 0 aromatic heterocycles. The first-order chi connectivity index (χ1) is 6.39. The van der Waals surface area contributed by atoms with Crippen LogP contribution in [-0.2, 0) is 0 Å². The summed E-state index contributed by atoms with van der Waals surface area (Å²) in [6, 6.07) is 0. The van der Waals surface area contributed by atoms with Crippen LogP contribution >= 0.6 is 0 Å². The Balaban J connectivity index is 2.11. The molecule has 1 nitrogen and oxygen atoms in total. The summed E-state index contributed by atoms with van der Waals surface area (Å²) in [6.45, 7) is 4.91. The normalized spacial score (nSPS) is 24.7. The lowest BCUT2D eigenvalue weighted by Crippen LogP contribution is -2.17. The molecule has 1 fully saturated rings. The van der Waals surface area contributed by atoms with E-state index in [1.807, 2.05) is 0 Å². The van der Waals surface area contributed by atoms with Crippen molar-refractivity contribution >= 4 is 0 Å². The van der Waals surface area contributed by atoms with Crippen molar-refractivity contribution in [1.82, 2.24) is 5.32 Å². The van der Waals surface area contributed by atoms with E-state index in [-0.39, 0.29) is 0 Å². The second-order valence-corrected chi connectivity index (χ2v) is 4.55. The maximum atomic E-state index is 3.51. The second kappa shape index (κ2) is 7.37. The van der Waals surface area contributed by atoms with Crippen LogP contribution < -0.4 is 5.32 Å². The summed E-state index contributed by atoms with van der Waals surface area (Å²) >= 11 is 0. The number of hydrogen-bond acceptors (Lipinski definition) is 1. The zero-order valence-electron chi connectivity index (χ0n) is 9.15. The maximum absolute atomic E-state index is 3.51. The Morgan fingerprint density at radius 2 is 1.31 bits per heavy atom. The van der Waals surface area contributed by atoms with Gasteiger partial charge in [0.25, 0.3) is 0 Å². The van der Waals surface area contributed by atoms with Gasteiger partial charge in [-0.2, -0.15) is 0 Å². The largest absolute Gasteiger partial charge is 0.317 e. The van der Waals surface area contributed by atoms with Crippen molar-refractivity contribution in [1.29, 1.82) is 0 Å². The van der Waals surface area contributed by atoms with Gasteiger partial charge >= 0.3 is 0 Å². The van der Waals surface area contributed by atoms with E-state index >= 15 is 0 Å². The van der Waals surface area contributed by atoms with Gasteiger partial charge in [-0.05, 0) is 31.8 Å². The van der Waals surface area contributed by atoms with Gasteiger partial charge in [0.15, 0.2) is 0 Å². The third-order valence-electron chi connectivity index (χ3n) is 3.10. The summed E-state index contributed by atoms with van der Waals surface area (Å²) in [5.41, 5.74) is 0. The van der Waals surface area contributed by atoms with Crippen LogP contribution in [-0.4, -0.2) is 13.1 Å². The number of hydrogen-bond donors (Lipinski definition) is 1. The van der Waals surface area contributed by atoms with E-state index in [0.717, 1.165) is 5.92 Å².